The predicted octanol–water partition coefficient (Wildman–Crippen LogP) is -12.5. The fraction of sp³-hybridized carbons (Fsp3) is 1.00. The monoisotopic (exact) mass is 470 g/mol. The molecule has 0 aromatic heterocycles. The minimum atomic E-state index is -5.55. The first-order chi connectivity index (χ1) is 10.2. The van der Waals surface area contributed by atoms with E-state index in [9.17, 15) is 38.9 Å². The van der Waals surface area contributed by atoms with Crippen LogP contribution in [0.2, 0.25) is 0 Å². The van der Waals surface area contributed by atoms with Crippen molar-refractivity contribution in [2.24, 2.45) is 0 Å². The first-order valence-electron chi connectivity index (χ1n) is 5.28. The predicted molar refractivity (Wildman–Crippen MR) is 60.5 cm³/mol. The summed E-state index contributed by atoms with van der Waals surface area (Å²) < 4.78 is 117. The van der Waals surface area contributed by atoms with Crippen molar-refractivity contribution in [1.82, 2.24) is 0 Å². The number of ether oxygens (including phenoxy) is 2. The van der Waals surface area contributed by atoms with Crippen LogP contribution >= 0.6 is 0 Å². The van der Waals surface area contributed by atoms with Gasteiger partial charge >= 0.3 is 88.7 Å². The van der Waals surface area contributed by atoms with Crippen molar-refractivity contribution in [1.29, 1.82) is 0 Å². The molecular weight excluding hydrogens is 461 g/mol. The average molecular weight is 470 g/mol. The zero-order chi connectivity index (χ0) is 18.1. The number of hydrogen-bond donors (Lipinski definition) is 0. The van der Waals surface area contributed by atoms with E-state index in [1.165, 1.54) is 0 Å². The fourth-order valence-electron chi connectivity index (χ4n) is 1.67. The molecule has 14 nitrogen and oxygen atoms in total. The van der Waals surface area contributed by atoms with E-state index < -0.39 is 62.4 Å². The molecule has 0 spiro atoms. The minimum Gasteiger partial charge on any atom is -0.726 e. The maximum Gasteiger partial charge on any atom is 1.00 e. The Morgan fingerprint density at radius 1 is 0.769 bits per heavy atom. The van der Waals surface area contributed by atoms with Crippen LogP contribution in [0.3, 0.4) is 0 Å². The Kier molecular flexibility index (Phi) is 16.7. The van der Waals surface area contributed by atoms with E-state index >= 15 is 0 Å². The van der Waals surface area contributed by atoms with Crippen LogP contribution in [0.5, 0.6) is 0 Å². The molecule has 4 atom stereocenters. The van der Waals surface area contributed by atoms with Gasteiger partial charge in [0, 0.05) is 7.11 Å². The van der Waals surface area contributed by atoms with Gasteiger partial charge in [0.2, 0.25) is 31.2 Å². The Labute approximate surface area is 216 Å². The van der Waals surface area contributed by atoms with Crippen molar-refractivity contribution in [2.75, 3.05) is 13.7 Å². The fourth-order valence-corrected chi connectivity index (χ4v) is 3.12. The summed E-state index contributed by atoms with van der Waals surface area (Å²) in [6, 6.07) is 0. The second kappa shape index (κ2) is 13.1. The smallest absolute Gasteiger partial charge is 0.726 e. The third-order valence-electron chi connectivity index (χ3n) is 2.31. The Morgan fingerprint density at radius 3 is 1.50 bits per heavy atom. The van der Waals surface area contributed by atoms with Gasteiger partial charge in [-0.2, -0.15) is 0 Å². The molecule has 0 amide bonds. The van der Waals surface area contributed by atoms with Crippen molar-refractivity contribution in [3.8, 4) is 0 Å². The normalized spacial score (nSPS) is 26.8. The summed E-state index contributed by atoms with van der Waals surface area (Å²) in [6.07, 6.45) is -8.42. The molecule has 1 fully saturated rings. The van der Waals surface area contributed by atoms with Crippen molar-refractivity contribution in [3.63, 3.8) is 0 Å². The van der Waals surface area contributed by atoms with Gasteiger partial charge in [0.05, 0.1) is 6.61 Å². The van der Waals surface area contributed by atoms with Crippen molar-refractivity contribution < 1.29 is 150 Å². The van der Waals surface area contributed by atoms with Gasteiger partial charge in [-0.3, -0.25) is 12.5 Å². The van der Waals surface area contributed by atoms with Crippen LogP contribution in [0, 0.1) is 0 Å². The third kappa shape index (κ3) is 13.0. The average Bonchev–Trinajstić information content (AvgIpc) is 2.28. The van der Waals surface area contributed by atoms with Gasteiger partial charge in [0.25, 0.3) is 0 Å². The molecular formula is C6H9Na3O14S3. The molecule has 26 heavy (non-hydrogen) atoms. The SMILES string of the molecule is CO[C@@H]1OC[C@@H](OS(=O)(=O)[O-])[C@H](OS(=O)(=O)[O-])[C@H]1OS(=O)(=O)[O-].[Na+].[Na+].[Na+]. The van der Waals surface area contributed by atoms with Gasteiger partial charge in [-0.05, 0) is 0 Å². The second-order valence-corrected chi connectivity index (χ2v) is 6.95. The van der Waals surface area contributed by atoms with E-state index in [1.807, 2.05) is 0 Å². The van der Waals surface area contributed by atoms with Gasteiger partial charge < -0.3 is 23.1 Å². The van der Waals surface area contributed by atoms with Crippen LogP contribution < -0.4 is 88.7 Å². The summed E-state index contributed by atoms with van der Waals surface area (Å²) in [6.45, 7) is -0.862. The second-order valence-electron chi connectivity index (χ2n) is 3.92. The molecule has 0 bridgehead atoms. The van der Waals surface area contributed by atoms with Crippen LogP contribution in [0.4, 0.5) is 0 Å². The van der Waals surface area contributed by atoms with Gasteiger partial charge in [-0.25, -0.2) is 25.3 Å². The maximum atomic E-state index is 10.7. The quantitative estimate of drug-likeness (QED) is 0.192. The zero-order valence-electron chi connectivity index (χ0n) is 14.0. The Hall–Kier alpha value is 2.53. The van der Waals surface area contributed by atoms with E-state index in [0.717, 1.165) is 7.11 Å². The van der Waals surface area contributed by atoms with Crippen molar-refractivity contribution >= 4 is 31.2 Å². The zero-order valence-corrected chi connectivity index (χ0v) is 22.4. The molecule has 0 saturated carbocycles. The molecule has 0 aliphatic carbocycles. The molecule has 1 rings (SSSR count). The van der Waals surface area contributed by atoms with E-state index in [0.29, 0.717) is 0 Å². The first kappa shape index (κ1) is 33.2. The molecule has 1 aliphatic rings. The Balaban J connectivity index is -0.00000176. The molecule has 138 valence electrons. The molecule has 0 aromatic carbocycles. The van der Waals surface area contributed by atoms with E-state index in [-0.39, 0.29) is 88.7 Å². The molecule has 1 saturated heterocycles. The van der Waals surface area contributed by atoms with E-state index in [1.54, 1.807) is 0 Å². The van der Waals surface area contributed by atoms with Crippen molar-refractivity contribution in [2.45, 2.75) is 24.6 Å². The van der Waals surface area contributed by atoms with Crippen LogP contribution in [0.25, 0.3) is 0 Å². The largest absolute Gasteiger partial charge is 1.00 e. The number of hydrogen-bond acceptors (Lipinski definition) is 14. The van der Waals surface area contributed by atoms with Crippen LogP contribution in [-0.2, 0) is 53.2 Å². The summed E-state index contributed by atoms with van der Waals surface area (Å²) in [5.74, 6) is 0. The summed E-state index contributed by atoms with van der Waals surface area (Å²) in [5.41, 5.74) is 0. The van der Waals surface area contributed by atoms with Crippen LogP contribution in [0.15, 0.2) is 0 Å². The van der Waals surface area contributed by atoms with Gasteiger partial charge in [-0.1, -0.05) is 0 Å². The standard InChI is InChI=1S/C6H12O14S3.3Na/c1-16-6-5(20-23(13,14)15)4(19-22(10,11)12)3(2-17-6)18-21(7,8)9;;;/h3-6H,2H2,1H3,(H,7,8,9)(H,10,11,12)(H,13,14,15);;;/q;3*+1/p-3/t3-,4+,5-,6-;;;/m1.../s1. The molecule has 0 radical (unpaired) electrons. The Morgan fingerprint density at radius 2 is 1.15 bits per heavy atom. The maximum absolute atomic E-state index is 10.7. The Bertz CT molecular complexity index is 719. The van der Waals surface area contributed by atoms with Crippen LogP contribution in [0.1, 0.15) is 0 Å². The molecule has 0 aromatic rings. The van der Waals surface area contributed by atoms with E-state index in [4.69, 9.17) is 4.74 Å². The minimum absolute atomic E-state index is 0. The summed E-state index contributed by atoms with van der Waals surface area (Å²) in [7, 11) is -15.6. The summed E-state index contributed by atoms with van der Waals surface area (Å²) in [4.78, 5) is 0. The van der Waals surface area contributed by atoms with Crippen LogP contribution in [-0.4, -0.2) is 77.2 Å². The third-order valence-corrected chi connectivity index (χ3v) is 3.71. The summed E-state index contributed by atoms with van der Waals surface area (Å²) >= 11 is 0. The molecule has 0 unspecified atom stereocenters. The number of rotatable bonds is 7. The topological polar surface area (TPSA) is 218 Å². The van der Waals surface area contributed by atoms with Gasteiger partial charge in [0.15, 0.2) is 12.4 Å². The van der Waals surface area contributed by atoms with E-state index in [2.05, 4.69) is 17.3 Å². The van der Waals surface area contributed by atoms with Gasteiger partial charge in [0.1, 0.15) is 12.2 Å². The molecule has 0 N–H and O–H groups in total. The molecule has 1 aliphatic heterocycles. The van der Waals surface area contributed by atoms with Crippen molar-refractivity contribution in [3.05, 3.63) is 0 Å². The van der Waals surface area contributed by atoms with Gasteiger partial charge in [-0.15, -0.1) is 0 Å². The molecule has 1 heterocycles. The first-order valence-corrected chi connectivity index (χ1v) is 9.28. The summed E-state index contributed by atoms with van der Waals surface area (Å²) in [5, 5.41) is 0. The molecule has 20 heteroatoms. The number of methoxy groups -OCH3 is 1.